The number of rotatable bonds is 2. The number of ether oxygens (including phenoxy) is 1. The molecule has 0 N–H and O–H groups in total. The molecule has 96 valence electrons. The van der Waals surface area contributed by atoms with Crippen molar-refractivity contribution in [3.8, 4) is 0 Å². The number of hydrogen-bond acceptors (Lipinski definition) is 5. The number of carbonyl (C=O) groups excluding carboxylic acids is 1. The second-order valence-corrected chi connectivity index (χ2v) is 4.27. The average molecular weight is 277 g/mol. The largest absolute Gasteiger partial charge is 0.462 e. The molecule has 0 aliphatic heterocycles. The molecule has 6 nitrogen and oxygen atoms in total. The van der Waals surface area contributed by atoms with E-state index in [2.05, 4.69) is 15.5 Å². The van der Waals surface area contributed by atoms with E-state index in [0.717, 1.165) is 5.52 Å². The van der Waals surface area contributed by atoms with E-state index in [1.54, 1.807) is 25.1 Å². The first-order chi connectivity index (χ1) is 9.22. The molecule has 0 aliphatic rings. The van der Waals surface area contributed by atoms with Crippen LogP contribution in [-0.4, -0.2) is 32.6 Å². The van der Waals surface area contributed by atoms with Gasteiger partial charge in [0.2, 0.25) is 0 Å². The highest BCUT2D eigenvalue weighted by Gasteiger charge is 2.17. The summed E-state index contributed by atoms with van der Waals surface area (Å²) in [6, 6.07) is 7.03. The van der Waals surface area contributed by atoms with Crippen LogP contribution in [0.2, 0.25) is 5.02 Å². The number of benzene rings is 1. The Kier molecular flexibility index (Phi) is 2.79. The smallest absolute Gasteiger partial charge is 0.342 e. The number of halogens is 1. The van der Waals surface area contributed by atoms with Gasteiger partial charge in [0.05, 0.1) is 12.1 Å². The lowest BCUT2D eigenvalue weighted by Crippen LogP contribution is -2.08. The van der Waals surface area contributed by atoms with Gasteiger partial charge >= 0.3 is 5.97 Å². The van der Waals surface area contributed by atoms with Crippen LogP contribution in [0.25, 0.3) is 16.6 Å². The highest BCUT2D eigenvalue weighted by Crippen LogP contribution is 2.26. The molecule has 19 heavy (non-hydrogen) atoms. The van der Waals surface area contributed by atoms with E-state index >= 15 is 0 Å². The number of carbonyl (C=O) groups is 1. The van der Waals surface area contributed by atoms with E-state index in [4.69, 9.17) is 16.3 Å². The lowest BCUT2D eigenvalue weighted by molar-refractivity contribution is 0.0528. The van der Waals surface area contributed by atoms with Gasteiger partial charge in [0.1, 0.15) is 5.56 Å². The zero-order chi connectivity index (χ0) is 13.4. The number of hydrogen-bond donors (Lipinski definition) is 0. The van der Waals surface area contributed by atoms with Crippen molar-refractivity contribution in [1.82, 2.24) is 20.0 Å². The van der Waals surface area contributed by atoms with Gasteiger partial charge in [-0.1, -0.05) is 17.7 Å². The van der Waals surface area contributed by atoms with Gasteiger partial charge < -0.3 is 4.74 Å². The quantitative estimate of drug-likeness (QED) is 0.671. The van der Waals surface area contributed by atoms with E-state index in [-0.39, 0.29) is 6.61 Å². The fourth-order valence-corrected chi connectivity index (χ4v) is 2.16. The normalized spacial score (nSPS) is 11.1. The van der Waals surface area contributed by atoms with Gasteiger partial charge in [-0.05, 0) is 35.5 Å². The first-order valence-corrected chi connectivity index (χ1v) is 6.06. The van der Waals surface area contributed by atoms with Crippen LogP contribution in [0.3, 0.4) is 0 Å². The molecule has 0 bridgehead atoms. The minimum atomic E-state index is -0.468. The van der Waals surface area contributed by atoms with E-state index in [1.807, 2.05) is 6.07 Å². The highest BCUT2D eigenvalue weighted by molar-refractivity contribution is 6.35. The molecule has 2 aromatic heterocycles. The molecule has 0 spiro atoms. The average Bonchev–Trinajstić information content (AvgIpc) is 2.88. The third kappa shape index (κ3) is 1.80. The summed E-state index contributed by atoms with van der Waals surface area (Å²) in [6.45, 7) is 2.03. The summed E-state index contributed by atoms with van der Waals surface area (Å²) in [7, 11) is 0. The van der Waals surface area contributed by atoms with E-state index in [9.17, 15) is 4.79 Å². The van der Waals surface area contributed by atoms with Crippen LogP contribution >= 0.6 is 11.6 Å². The molecule has 2 heterocycles. The fourth-order valence-electron chi connectivity index (χ4n) is 1.94. The summed E-state index contributed by atoms with van der Waals surface area (Å²) < 4.78 is 6.48. The molecule has 0 fully saturated rings. The Balaban J connectivity index is 2.39. The van der Waals surface area contributed by atoms with Crippen LogP contribution in [0.15, 0.2) is 24.3 Å². The zero-order valence-electron chi connectivity index (χ0n) is 10.00. The van der Waals surface area contributed by atoms with Gasteiger partial charge in [-0.15, -0.1) is 5.10 Å². The first kappa shape index (κ1) is 11.9. The number of esters is 1. The maximum Gasteiger partial charge on any atom is 0.342 e. The van der Waals surface area contributed by atoms with E-state index in [0.29, 0.717) is 21.6 Å². The van der Waals surface area contributed by atoms with Gasteiger partial charge in [0.15, 0.2) is 5.65 Å². The molecular formula is C12H9ClN4O2. The van der Waals surface area contributed by atoms with Gasteiger partial charge in [-0.2, -0.15) is 4.52 Å². The van der Waals surface area contributed by atoms with E-state index in [1.165, 1.54) is 4.52 Å². The Bertz CT molecular complexity index is 784. The molecule has 7 heteroatoms. The summed E-state index contributed by atoms with van der Waals surface area (Å²) in [4.78, 5) is 11.9. The Morgan fingerprint density at radius 2 is 2.32 bits per heavy atom. The lowest BCUT2D eigenvalue weighted by Gasteiger charge is -2.06. The molecule has 3 aromatic rings. The van der Waals surface area contributed by atoms with Crippen molar-refractivity contribution in [2.75, 3.05) is 6.61 Å². The minimum Gasteiger partial charge on any atom is -0.462 e. The van der Waals surface area contributed by atoms with Gasteiger partial charge in [-0.3, -0.25) is 0 Å². The Morgan fingerprint density at radius 3 is 3.11 bits per heavy atom. The van der Waals surface area contributed by atoms with Crippen molar-refractivity contribution < 1.29 is 9.53 Å². The predicted molar refractivity (Wildman–Crippen MR) is 69.3 cm³/mol. The number of nitrogens with zero attached hydrogens (tertiary/aromatic N) is 4. The van der Waals surface area contributed by atoms with Crippen LogP contribution in [0.5, 0.6) is 0 Å². The molecular weight excluding hydrogens is 268 g/mol. The van der Waals surface area contributed by atoms with Crippen LogP contribution in [-0.2, 0) is 4.74 Å². The van der Waals surface area contributed by atoms with Crippen LogP contribution < -0.4 is 0 Å². The molecule has 0 radical (unpaired) electrons. The van der Waals surface area contributed by atoms with Crippen LogP contribution in [0.1, 0.15) is 17.3 Å². The van der Waals surface area contributed by atoms with Gasteiger partial charge in [-0.25, -0.2) is 4.79 Å². The van der Waals surface area contributed by atoms with Crippen LogP contribution in [0, 0.1) is 0 Å². The van der Waals surface area contributed by atoms with E-state index < -0.39 is 5.97 Å². The third-order valence-electron chi connectivity index (χ3n) is 2.75. The fraction of sp³-hybridized carbons (Fsp3) is 0.167. The predicted octanol–water partition coefficient (Wildman–Crippen LogP) is 2.11. The zero-order valence-corrected chi connectivity index (χ0v) is 10.8. The number of aromatic nitrogens is 4. The van der Waals surface area contributed by atoms with Gasteiger partial charge in [0.25, 0.3) is 0 Å². The van der Waals surface area contributed by atoms with Gasteiger partial charge in [0, 0.05) is 10.4 Å². The Hall–Kier alpha value is -2.21. The molecule has 0 unspecified atom stereocenters. The van der Waals surface area contributed by atoms with Crippen molar-refractivity contribution in [2.24, 2.45) is 0 Å². The summed E-state index contributed by atoms with van der Waals surface area (Å²) in [6.07, 6.45) is 0. The second-order valence-electron chi connectivity index (χ2n) is 3.87. The Labute approximate surface area is 112 Å². The second kappa shape index (κ2) is 4.47. The molecule has 3 rings (SSSR count). The highest BCUT2D eigenvalue weighted by atomic mass is 35.5. The first-order valence-electron chi connectivity index (χ1n) is 5.69. The maximum atomic E-state index is 11.9. The summed E-state index contributed by atoms with van der Waals surface area (Å²) in [5.74, 6) is -0.468. The Morgan fingerprint density at radius 1 is 1.47 bits per heavy atom. The van der Waals surface area contributed by atoms with Crippen LogP contribution in [0.4, 0.5) is 0 Å². The number of tetrazole rings is 1. The topological polar surface area (TPSA) is 69.4 Å². The summed E-state index contributed by atoms with van der Waals surface area (Å²) in [5, 5.41) is 12.6. The molecule has 0 saturated carbocycles. The van der Waals surface area contributed by atoms with Crippen molar-refractivity contribution in [1.29, 1.82) is 0 Å². The molecule has 0 atom stereocenters. The monoisotopic (exact) mass is 276 g/mol. The third-order valence-corrected chi connectivity index (χ3v) is 3.08. The number of fused-ring (bicyclic) bond motifs is 3. The minimum absolute atomic E-state index is 0.285. The lowest BCUT2D eigenvalue weighted by atomic mass is 10.1. The standard InChI is InChI=1S/C12H9ClN4O2/c1-2-19-12(18)8-6-7-9(13)4-3-5-10(7)17-11(8)14-15-16-17/h3-6H,2H2,1H3. The van der Waals surface area contributed by atoms with Crippen molar-refractivity contribution in [2.45, 2.75) is 6.92 Å². The molecule has 0 amide bonds. The van der Waals surface area contributed by atoms with Crippen molar-refractivity contribution in [3.05, 3.63) is 34.9 Å². The molecule has 0 saturated heterocycles. The molecule has 0 aliphatic carbocycles. The van der Waals surface area contributed by atoms with Crippen molar-refractivity contribution >= 4 is 34.1 Å². The molecule has 1 aromatic carbocycles. The summed E-state index contributed by atoms with van der Waals surface area (Å²) >= 11 is 6.14. The number of pyridine rings is 1. The summed E-state index contributed by atoms with van der Waals surface area (Å²) in [5.41, 5.74) is 1.39. The van der Waals surface area contributed by atoms with Crippen molar-refractivity contribution in [3.63, 3.8) is 0 Å². The SMILES string of the molecule is CCOC(=O)c1cc2c(Cl)cccc2n2nnnc12. The maximum absolute atomic E-state index is 11.9.